The molecule has 15 heavy (non-hydrogen) atoms. The highest BCUT2D eigenvalue weighted by atomic mass is 15.4. The maximum absolute atomic E-state index is 5.61. The molecule has 0 radical (unpaired) electrons. The van der Waals surface area contributed by atoms with Crippen LogP contribution >= 0.6 is 0 Å². The van der Waals surface area contributed by atoms with Crippen LogP contribution < -0.4 is 11.1 Å². The Morgan fingerprint density at radius 1 is 1.60 bits per heavy atom. The second-order valence-corrected chi connectivity index (χ2v) is 3.47. The second kappa shape index (κ2) is 3.77. The minimum atomic E-state index is 0.0639. The molecule has 7 nitrogen and oxygen atoms in total. The molecule has 0 fully saturated rings. The zero-order chi connectivity index (χ0) is 10.8. The van der Waals surface area contributed by atoms with Crippen LogP contribution in [-0.4, -0.2) is 37.5 Å². The number of aromatic nitrogens is 5. The van der Waals surface area contributed by atoms with E-state index in [2.05, 4.69) is 25.6 Å². The fraction of sp³-hybridized carbons (Fsp3) is 0.500. The zero-order valence-corrected chi connectivity index (χ0v) is 8.68. The van der Waals surface area contributed by atoms with Crippen LogP contribution in [-0.2, 0) is 7.05 Å². The summed E-state index contributed by atoms with van der Waals surface area (Å²) in [5.74, 6) is 0.546. The van der Waals surface area contributed by atoms with E-state index in [1.54, 1.807) is 17.9 Å². The Labute approximate surface area is 86.7 Å². The van der Waals surface area contributed by atoms with Crippen molar-refractivity contribution in [2.24, 2.45) is 12.8 Å². The van der Waals surface area contributed by atoms with Gasteiger partial charge in [0, 0.05) is 19.6 Å². The fourth-order valence-electron chi connectivity index (χ4n) is 1.17. The Morgan fingerprint density at radius 3 is 3.13 bits per heavy atom. The maximum atomic E-state index is 5.61. The predicted octanol–water partition coefficient (Wildman–Crippen LogP) is -0.483. The summed E-state index contributed by atoms with van der Waals surface area (Å²) >= 11 is 0. The van der Waals surface area contributed by atoms with Crippen molar-refractivity contribution < 1.29 is 0 Å². The quantitative estimate of drug-likeness (QED) is 0.705. The SMILES string of the molecule is CC(N)CNc1ncc2nnn(C)c2n1. The van der Waals surface area contributed by atoms with Crippen molar-refractivity contribution in [1.29, 1.82) is 0 Å². The third-order valence-corrected chi connectivity index (χ3v) is 1.93. The summed E-state index contributed by atoms with van der Waals surface area (Å²) in [5.41, 5.74) is 7.00. The van der Waals surface area contributed by atoms with Gasteiger partial charge in [0.15, 0.2) is 11.2 Å². The molecule has 0 amide bonds. The summed E-state index contributed by atoms with van der Waals surface area (Å²) in [6.07, 6.45) is 1.64. The highest BCUT2D eigenvalue weighted by Gasteiger charge is 2.05. The lowest BCUT2D eigenvalue weighted by Crippen LogP contribution is -2.25. The van der Waals surface area contributed by atoms with E-state index in [-0.39, 0.29) is 6.04 Å². The second-order valence-electron chi connectivity index (χ2n) is 3.47. The van der Waals surface area contributed by atoms with E-state index in [9.17, 15) is 0 Å². The standard InChI is InChI=1S/C8H13N7/c1-5(9)3-10-8-11-4-6-7(12-8)15(2)14-13-6/h4-5H,3,9H2,1-2H3,(H,10,11,12). The van der Waals surface area contributed by atoms with Crippen LogP contribution in [0.4, 0.5) is 5.95 Å². The monoisotopic (exact) mass is 207 g/mol. The van der Waals surface area contributed by atoms with Crippen LogP contribution in [0.15, 0.2) is 6.20 Å². The Kier molecular flexibility index (Phi) is 2.46. The smallest absolute Gasteiger partial charge is 0.224 e. The molecule has 7 heteroatoms. The Bertz CT molecular complexity index is 461. The van der Waals surface area contributed by atoms with Crippen molar-refractivity contribution in [3.63, 3.8) is 0 Å². The van der Waals surface area contributed by atoms with Crippen molar-refractivity contribution in [2.75, 3.05) is 11.9 Å². The van der Waals surface area contributed by atoms with Gasteiger partial charge in [-0.2, -0.15) is 4.98 Å². The highest BCUT2D eigenvalue weighted by Crippen LogP contribution is 2.07. The van der Waals surface area contributed by atoms with Gasteiger partial charge in [-0.25, -0.2) is 9.67 Å². The van der Waals surface area contributed by atoms with Crippen LogP contribution in [0.2, 0.25) is 0 Å². The van der Waals surface area contributed by atoms with Gasteiger partial charge < -0.3 is 11.1 Å². The molecule has 0 aromatic carbocycles. The molecule has 0 bridgehead atoms. The number of nitrogens with two attached hydrogens (primary N) is 1. The summed E-state index contributed by atoms with van der Waals surface area (Å²) in [7, 11) is 1.79. The summed E-state index contributed by atoms with van der Waals surface area (Å²) in [6, 6.07) is 0.0639. The number of hydrogen-bond donors (Lipinski definition) is 2. The van der Waals surface area contributed by atoms with E-state index in [1.807, 2.05) is 6.92 Å². The molecule has 2 aromatic rings. The molecule has 1 unspecified atom stereocenters. The minimum Gasteiger partial charge on any atom is -0.353 e. The lowest BCUT2D eigenvalue weighted by molar-refractivity contribution is 0.729. The fourth-order valence-corrected chi connectivity index (χ4v) is 1.17. The van der Waals surface area contributed by atoms with Gasteiger partial charge >= 0.3 is 0 Å². The molecule has 0 spiro atoms. The number of rotatable bonds is 3. The van der Waals surface area contributed by atoms with Gasteiger partial charge in [-0.05, 0) is 6.92 Å². The van der Waals surface area contributed by atoms with E-state index in [0.717, 1.165) is 0 Å². The van der Waals surface area contributed by atoms with Crippen LogP contribution in [0.25, 0.3) is 11.2 Å². The van der Waals surface area contributed by atoms with Gasteiger partial charge in [-0.15, -0.1) is 5.10 Å². The molecule has 80 valence electrons. The summed E-state index contributed by atoms with van der Waals surface area (Å²) in [6.45, 7) is 2.55. The molecule has 3 N–H and O–H groups in total. The first kappa shape index (κ1) is 9.78. The topological polar surface area (TPSA) is 94.5 Å². The predicted molar refractivity (Wildman–Crippen MR) is 56.2 cm³/mol. The van der Waals surface area contributed by atoms with Gasteiger partial charge in [-0.3, -0.25) is 0 Å². The summed E-state index contributed by atoms with van der Waals surface area (Å²) in [5, 5.41) is 10.8. The first-order valence-corrected chi connectivity index (χ1v) is 4.68. The van der Waals surface area contributed by atoms with Crippen LogP contribution in [0, 0.1) is 0 Å². The third kappa shape index (κ3) is 2.01. The van der Waals surface area contributed by atoms with Crippen molar-refractivity contribution in [2.45, 2.75) is 13.0 Å². The molecule has 2 heterocycles. The van der Waals surface area contributed by atoms with Crippen LogP contribution in [0.5, 0.6) is 0 Å². The zero-order valence-electron chi connectivity index (χ0n) is 8.68. The molecule has 0 saturated carbocycles. The number of hydrogen-bond acceptors (Lipinski definition) is 6. The molecule has 2 aromatic heterocycles. The van der Waals surface area contributed by atoms with Gasteiger partial charge in [-0.1, -0.05) is 5.21 Å². The van der Waals surface area contributed by atoms with Crippen molar-refractivity contribution in [1.82, 2.24) is 25.0 Å². The third-order valence-electron chi connectivity index (χ3n) is 1.93. The minimum absolute atomic E-state index is 0.0639. The molecule has 1 atom stereocenters. The first-order chi connectivity index (χ1) is 7.16. The molecular weight excluding hydrogens is 194 g/mol. The van der Waals surface area contributed by atoms with E-state index < -0.39 is 0 Å². The molecule has 2 rings (SSSR count). The highest BCUT2D eigenvalue weighted by molar-refractivity contribution is 5.69. The lowest BCUT2D eigenvalue weighted by Gasteiger charge is -2.06. The normalized spacial score (nSPS) is 13.0. The van der Waals surface area contributed by atoms with Gasteiger partial charge in [0.05, 0.1) is 6.20 Å². The van der Waals surface area contributed by atoms with E-state index in [4.69, 9.17) is 5.73 Å². The van der Waals surface area contributed by atoms with Crippen molar-refractivity contribution in [3.05, 3.63) is 6.20 Å². The van der Waals surface area contributed by atoms with Crippen LogP contribution in [0.1, 0.15) is 6.92 Å². The summed E-state index contributed by atoms with van der Waals surface area (Å²) < 4.78 is 1.61. The average Bonchev–Trinajstić information content (AvgIpc) is 2.57. The average molecular weight is 207 g/mol. The van der Waals surface area contributed by atoms with E-state index in [1.165, 1.54) is 0 Å². The number of aryl methyl sites for hydroxylation is 1. The molecule has 0 aliphatic heterocycles. The van der Waals surface area contributed by atoms with Gasteiger partial charge in [0.25, 0.3) is 0 Å². The number of fused-ring (bicyclic) bond motifs is 1. The molecular formula is C8H13N7. The van der Waals surface area contributed by atoms with Crippen molar-refractivity contribution >= 4 is 17.1 Å². The summed E-state index contributed by atoms with van der Waals surface area (Å²) in [4.78, 5) is 8.37. The number of nitrogens with one attached hydrogen (secondary N) is 1. The van der Waals surface area contributed by atoms with Crippen LogP contribution in [0.3, 0.4) is 0 Å². The molecule has 0 aliphatic carbocycles. The maximum Gasteiger partial charge on any atom is 0.224 e. The van der Waals surface area contributed by atoms with Gasteiger partial charge in [0.1, 0.15) is 0 Å². The first-order valence-electron chi connectivity index (χ1n) is 4.68. The Morgan fingerprint density at radius 2 is 2.40 bits per heavy atom. The number of anilines is 1. The Hall–Kier alpha value is -1.76. The Balaban J connectivity index is 2.25. The number of nitrogens with zero attached hydrogens (tertiary/aromatic N) is 5. The van der Waals surface area contributed by atoms with Gasteiger partial charge in [0.2, 0.25) is 5.95 Å². The van der Waals surface area contributed by atoms with Crippen molar-refractivity contribution in [3.8, 4) is 0 Å². The molecule has 0 saturated heterocycles. The molecule has 0 aliphatic rings. The lowest BCUT2D eigenvalue weighted by atomic mass is 10.4. The van der Waals surface area contributed by atoms with E-state index >= 15 is 0 Å². The largest absolute Gasteiger partial charge is 0.353 e. The van der Waals surface area contributed by atoms with E-state index in [0.29, 0.717) is 23.7 Å².